The first-order valence-corrected chi connectivity index (χ1v) is 6.54. The Bertz CT molecular complexity index is 657. The standard InChI is InChI=1S/C8H5BrClNO4S.K/c9-4-1-2-5-7(8(4)10)6(3-11-5)15-16(12,13)14;/h1-3,11H,(H,12,13,14);. The molecule has 0 saturated heterocycles. The summed E-state index contributed by atoms with van der Waals surface area (Å²) in [6.45, 7) is 0. The largest absolute Gasteiger partial charge is 0.446 e. The maximum absolute atomic E-state index is 10.6. The number of aromatic amines is 1. The van der Waals surface area contributed by atoms with Crippen LogP contribution >= 0.6 is 27.5 Å². The number of fused-ring (bicyclic) bond motifs is 1. The number of rotatable bonds is 2. The van der Waals surface area contributed by atoms with Crippen molar-refractivity contribution in [2.24, 2.45) is 0 Å². The molecule has 2 N–H and O–H groups in total. The fourth-order valence-electron chi connectivity index (χ4n) is 1.31. The van der Waals surface area contributed by atoms with Gasteiger partial charge in [-0.3, -0.25) is 4.55 Å². The summed E-state index contributed by atoms with van der Waals surface area (Å²) in [5, 5.41) is 0.686. The SMILES string of the molecule is O=S(=O)(O)Oc1c[nH]c2ccc(Br)c(Cl)c12.[K]. The number of aromatic nitrogens is 1. The van der Waals surface area contributed by atoms with Gasteiger partial charge in [0.05, 0.1) is 15.9 Å². The summed E-state index contributed by atoms with van der Waals surface area (Å²) in [7, 11) is -4.56. The van der Waals surface area contributed by atoms with Crippen molar-refractivity contribution in [1.29, 1.82) is 0 Å². The van der Waals surface area contributed by atoms with Gasteiger partial charge < -0.3 is 9.17 Å². The molecule has 2 rings (SSSR count). The number of benzene rings is 1. The Hall–Kier alpha value is 0.876. The Morgan fingerprint density at radius 3 is 2.65 bits per heavy atom. The van der Waals surface area contributed by atoms with E-state index in [1.807, 2.05) is 0 Å². The quantitative estimate of drug-likeness (QED) is 0.632. The van der Waals surface area contributed by atoms with E-state index >= 15 is 0 Å². The van der Waals surface area contributed by atoms with E-state index in [2.05, 4.69) is 25.1 Å². The average Bonchev–Trinajstić information content (AvgIpc) is 2.53. The predicted octanol–water partition coefficient (Wildman–Crippen LogP) is 2.38. The molecule has 1 aromatic heterocycles. The zero-order chi connectivity index (χ0) is 11.9. The second-order valence-electron chi connectivity index (χ2n) is 2.95. The first-order chi connectivity index (χ1) is 7.38. The third-order valence-corrected chi connectivity index (χ3v) is 3.57. The van der Waals surface area contributed by atoms with Crippen LogP contribution in [-0.4, -0.2) is 69.3 Å². The minimum Gasteiger partial charge on any atom is -0.359 e. The second-order valence-corrected chi connectivity index (χ2v) is 5.20. The number of halogens is 2. The molecule has 0 fully saturated rings. The van der Waals surface area contributed by atoms with Gasteiger partial charge >= 0.3 is 10.4 Å². The summed E-state index contributed by atoms with van der Waals surface area (Å²) in [4.78, 5) is 2.77. The monoisotopic (exact) mass is 364 g/mol. The van der Waals surface area contributed by atoms with Crippen LogP contribution in [0.4, 0.5) is 0 Å². The number of hydrogen-bond donors (Lipinski definition) is 2. The third-order valence-electron chi connectivity index (χ3n) is 1.90. The molecule has 0 aliphatic carbocycles. The van der Waals surface area contributed by atoms with Gasteiger partial charge in [-0.25, -0.2) is 0 Å². The molecule has 1 heterocycles. The third kappa shape index (κ3) is 3.68. The molecule has 0 amide bonds. The van der Waals surface area contributed by atoms with Crippen molar-refractivity contribution in [1.82, 2.24) is 4.98 Å². The zero-order valence-corrected chi connectivity index (χ0v) is 14.8. The first-order valence-electron chi connectivity index (χ1n) is 4.00. The average molecular weight is 366 g/mol. The fraction of sp³-hybridized carbons (Fsp3) is 0. The minimum absolute atomic E-state index is 0. The van der Waals surface area contributed by atoms with E-state index in [0.29, 0.717) is 20.4 Å². The summed E-state index contributed by atoms with van der Waals surface area (Å²) in [5.41, 5.74) is 0.604. The minimum atomic E-state index is -4.56. The summed E-state index contributed by atoms with van der Waals surface area (Å²) in [6.07, 6.45) is 1.30. The van der Waals surface area contributed by atoms with Gasteiger partial charge in [0.15, 0.2) is 5.75 Å². The predicted molar refractivity (Wildman–Crippen MR) is 68.9 cm³/mol. The Labute approximate surface area is 153 Å². The maximum atomic E-state index is 10.6. The topological polar surface area (TPSA) is 79.4 Å². The van der Waals surface area contributed by atoms with Gasteiger partial charge in [0.1, 0.15) is 0 Å². The van der Waals surface area contributed by atoms with E-state index in [9.17, 15) is 8.42 Å². The van der Waals surface area contributed by atoms with E-state index in [1.165, 1.54) is 6.20 Å². The van der Waals surface area contributed by atoms with Crippen LogP contribution in [0.5, 0.6) is 5.75 Å². The molecule has 1 radical (unpaired) electrons. The van der Waals surface area contributed by atoms with Gasteiger partial charge in [0.25, 0.3) is 0 Å². The molecule has 0 bridgehead atoms. The van der Waals surface area contributed by atoms with E-state index in [0.717, 1.165) is 0 Å². The van der Waals surface area contributed by atoms with Crippen LogP contribution in [0.1, 0.15) is 0 Å². The van der Waals surface area contributed by atoms with Gasteiger partial charge in [-0.1, -0.05) is 11.6 Å². The molecular weight excluding hydrogens is 361 g/mol. The van der Waals surface area contributed by atoms with Crippen molar-refractivity contribution in [3.05, 3.63) is 27.8 Å². The van der Waals surface area contributed by atoms with E-state index in [4.69, 9.17) is 16.2 Å². The molecule has 1 aromatic carbocycles. The van der Waals surface area contributed by atoms with Crippen LogP contribution in [0.2, 0.25) is 5.02 Å². The molecule has 0 spiro atoms. The fourth-order valence-corrected chi connectivity index (χ4v) is 2.25. The normalized spacial score (nSPS) is 11.2. The van der Waals surface area contributed by atoms with Gasteiger partial charge in [-0.05, 0) is 28.1 Å². The Balaban J connectivity index is 0.00000144. The van der Waals surface area contributed by atoms with Crippen LogP contribution < -0.4 is 4.18 Å². The van der Waals surface area contributed by atoms with Crippen LogP contribution in [0.25, 0.3) is 10.9 Å². The molecule has 0 unspecified atom stereocenters. The molecule has 87 valence electrons. The molecule has 5 nitrogen and oxygen atoms in total. The Kier molecular flexibility index (Phi) is 5.52. The summed E-state index contributed by atoms with van der Waals surface area (Å²) in [5.74, 6) is -0.0520. The van der Waals surface area contributed by atoms with Crippen molar-refractivity contribution in [3.8, 4) is 5.75 Å². The van der Waals surface area contributed by atoms with Crippen LogP contribution in [0.15, 0.2) is 22.8 Å². The molecule has 0 saturated carbocycles. The van der Waals surface area contributed by atoms with Gasteiger partial charge in [-0.15, -0.1) is 0 Å². The zero-order valence-electron chi connectivity index (χ0n) is 8.57. The summed E-state index contributed by atoms with van der Waals surface area (Å²) < 4.78 is 34.8. The van der Waals surface area contributed by atoms with Gasteiger partial charge in [0.2, 0.25) is 0 Å². The van der Waals surface area contributed by atoms with Crippen molar-refractivity contribution >= 4 is 100 Å². The number of H-pyrrole nitrogens is 1. The second kappa shape index (κ2) is 5.89. The van der Waals surface area contributed by atoms with Crippen LogP contribution in [0.3, 0.4) is 0 Å². The van der Waals surface area contributed by atoms with Crippen LogP contribution in [-0.2, 0) is 10.4 Å². The maximum Gasteiger partial charge on any atom is 0.446 e. The molecule has 0 aliphatic rings. The number of hydrogen-bond acceptors (Lipinski definition) is 3. The van der Waals surface area contributed by atoms with E-state index in [1.54, 1.807) is 12.1 Å². The summed E-state index contributed by atoms with van der Waals surface area (Å²) in [6, 6.07) is 3.40. The summed E-state index contributed by atoms with van der Waals surface area (Å²) >= 11 is 9.18. The van der Waals surface area contributed by atoms with Crippen LogP contribution in [0, 0.1) is 0 Å². The Morgan fingerprint density at radius 1 is 1.41 bits per heavy atom. The van der Waals surface area contributed by atoms with Gasteiger partial charge in [-0.2, -0.15) is 8.42 Å². The first kappa shape index (κ1) is 15.9. The molecule has 9 heteroatoms. The van der Waals surface area contributed by atoms with Crippen molar-refractivity contribution in [2.75, 3.05) is 0 Å². The molecular formula is C8H5BrClKNO4S. The van der Waals surface area contributed by atoms with Crippen molar-refractivity contribution in [2.45, 2.75) is 0 Å². The molecule has 2 aromatic rings. The van der Waals surface area contributed by atoms with Crippen molar-refractivity contribution < 1.29 is 17.2 Å². The molecule has 17 heavy (non-hydrogen) atoms. The van der Waals surface area contributed by atoms with E-state index < -0.39 is 10.4 Å². The number of nitrogens with one attached hydrogen (secondary N) is 1. The smallest absolute Gasteiger partial charge is 0.359 e. The van der Waals surface area contributed by atoms with Gasteiger partial charge in [0, 0.05) is 62.1 Å². The van der Waals surface area contributed by atoms with Crippen molar-refractivity contribution in [3.63, 3.8) is 0 Å². The Morgan fingerprint density at radius 2 is 2.06 bits per heavy atom. The van der Waals surface area contributed by atoms with E-state index in [-0.39, 0.29) is 57.1 Å². The molecule has 0 atom stereocenters. The molecule has 0 aliphatic heterocycles.